The van der Waals surface area contributed by atoms with Crippen molar-refractivity contribution in [2.45, 2.75) is 0 Å². The molecule has 98 valence electrons. The molecule has 0 radical (unpaired) electrons. The van der Waals surface area contributed by atoms with Gasteiger partial charge in [0.2, 0.25) is 0 Å². The summed E-state index contributed by atoms with van der Waals surface area (Å²) in [5.41, 5.74) is 3.80. The third kappa shape index (κ3) is 2.59. The molecule has 0 bridgehead atoms. The predicted octanol–water partition coefficient (Wildman–Crippen LogP) is 3.73. The topological polar surface area (TPSA) is 3.24 Å². The van der Waals surface area contributed by atoms with Gasteiger partial charge in [0.15, 0.2) is 0 Å². The van der Waals surface area contributed by atoms with E-state index >= 15 is 0 Å². The van der Waals surface area contributed by atoms with Crippen LogP contribution in [0.3, 0.4) is 0 Å². The highest BCUT2D eigenvalue weighted by molar-refractivity contribution is 9.10. The number of hydrogen-bond acceptors (Lipinski definition) is 1. The number of halogens is 1. The Morgan fingerprint density at radius 2 is 1.65 bits per heavy atom. The molecular formula is C17H15BBrN. The molecule has 0 saturated heterocycles. The Morgan fingerprint density at radius 3 is 2.35 bits per heavy atom. The van der Waals surface area contributed by atoms with E-state index in [0.717, 1.165) is 4.47 Å². The molecule has 0 amide bonds. The van der Waals surface area contributed by atoms with Crippen molar-refractivity contribution in [3.8, 4) is 0 Å². The zero-order valence-corrected chi connectivity index (χ0v) is 12.9. The number of benzene rings is 2. The Labute approximate surface area is 128 Å². The fourth-order valence-electron chi connectivity index (χ4n) is 2.55. The Balaban J connectivity index is 1.93. The second-order valence-corrected chi connectivity index (χ2v) is 5.83. The molecule has 20 heavy (non-hydrogen) atoms. The Hall–Kier alpha value is -1.74. The molecule has 2 aromatic rings. The zero-order valence-electron chi connectivity index (χ0n) is 11.3. The van der Waals surface area contributed by atoms with Crippen molar-refractivity contribution in [1.29, 1.82) is 0 Å². The van der Waals surface area contributed by atoms with Gasteiger partial charge in [0.1, 0.15) is 0 Å². The van der Waals surface area contributed by atoms with Crippen molar-refractivity contribution >= 4 is 33.9 Å². The minimum absolute atomic E-state index is 0.292. The van der Waals surface area contributed by atoms with Crippen LogP contribution in [-0.4, -0.2) is 18.7 Å². The average molecular weight is 324 g/mol. The molecule has 0 aromatic heterocycles. The molecule has 0 fully saturated rings. The summed E-state index contributed by atoms with van der Waals surface area (Å²) in [5.74, 6) is 2.23. The molecule has 0 spiro atoms. The summed E-state index contributed by atoms with van der Waals surface area (Å²) < 4.78 is 1.11. The van der Waals surface area contributed by atoms with Crippen LogP contribution in [0, 0.1) is 0 Å². The molecule has 1 nitrogen and oxygen atoms in total. The summed E-state index contributed by atoms with van der Waals surface area (Å²) in [4.78, 5) is 2.32. The lowest BCUT2D eigenvalue weighted by atomic mass is 9.53. The number of allylic oxidation sites excluding steroid dienone is 2. The van der Waals surface area contributed by atoms with E-state index in [2.05, 4.69) is 101 Å². The quantitative estimate of drug-likeness (QED) is 0.761. The molecule has 0 unspecified atom stereocenters. The van der Waals surface area contributed by atoms with Gasteiger partial charge in [0.25, 0.3) is 0 Å². The van der Waals surface area contributed by atoms with Gasteiger partial charge in [-0.3, -0.25) is 0 Å². The monoisotopic (exact) mass is 323 g/mol. The van der Waals surface area contributed by atoms with Crippen molar-refractivity contribution in [3.63, 3.8) is 0 Å². The van der Waals surface area contributed by atoms with Crippen molar-refractivity contribution in [3.05, 3.63) is 82.8 Å². The molecule has 1 aliphatic rings. The van der Waals surface area contributed by atoms with Crippen LogP contribution in [0.4, 0.5) is 0 Å². The summed E-state index contributed by atoms with van der Waals surface area (Å²) in [7, 11) is 2.15. The van der Waals surface area contributed by atoms with E-state index in [0.29, 0.717) is 6.85 Å². The smallest absolute Gasteiger partial charge is 0.315 e. The van der Waals surface area contributed by atoms with Gasteiger partial charge in [0, 0.05) is 10.2 Å². The van der Waals surface area contributed by atoms with Gasteiger partial charge in [-0.05, 0) is 30.8 Å². The van der Waals surface area contributed by atoms with Crippen LogP contribution in [0.1, 0.15) is 5.56 Å². The maximum atomic E-state index is 3.49. The van der Waals surface area contributed by atoms with Gasteiger partial charge < -0.3 is 4.81 Å². The van der Waals surface area contributed by atoms with Crippen LogP contribution in [0.25, 0.3) is 5.70 Å². The highest BCUT2D eigenvalue weighted by atomic mass is 79.9. The maximum absolute atomic E-state index is 3.49. The van der Waals surface area contributed by atoms with Crippen LogP contribution in [0.15, 0.2) is 77.2 Å². The van der Waals surface area contributed by atoms with Gasteiger partial charge >= 0.3 is 6.85 Å². The van der Waals surface area contributed by atoms with E-state index in [1.807, 2.05) is 0 Å². The van der Waals surface area contributed by atoms with Gasteiger partial charge in [-0.25, -0.2) is 0 Å². The van der Waals surface area contributed by atoms with E-state index in [1.54, 1.807) is 0 Å². The molecule has 0 saturated carbocycles. The van der Waals surface area contributed by atoms with E-state index < -0.39 is 0 Å². The Kier molecular flexibility index (Phi) is 3.79. The Bertz CT molecular complexity index is 646. The first-order valence-corrected chi connectivity index (χ1v) is 7.47. The van der Waals surface area contributed by atoms with E-state index in [9.17, 15) is 0 Å². The van der Waals surface area contributed by atoms with Crippen LogP contribution in [0.2, 0.25) is 0 Å². The van der Waals surface area contributed by atoms with E-state index in [-0.39, 0.29) is 0 Å². The molecule has 3 rings (SSSR count). The summed E-state index contributed by atoms with van der Waals surface area (Å²) in [5, 5.41) is 0. The standard InChI is InChI=1S/C17H15BBrN/c1-20-17(14-9-11-16(19)12-10-14)8-5-13-18(20)15-6-3-2-4-7-15/h2-13H,1H3. The van der Waals surface area contributed by atoms with Crippen molar-refractivity contribution < 1.29 is 0 Å². The third-order valence-electron chi connectivity index (χ3n) is 3.63. The second kappa shape index (κ2) is 5.72. The lowest BCUT2D eigenvalue weighted by Gasteiger charge is -2.30. The molecular weight excluding hydrogens is 309 g/mol. The normalized spacial score (nSPS) is 14.4. The fraction of sp³-hybridized carbons (Fsp3) is 0.0588. The molecule has 1 aliphatic heterocycles. The second-order valence-electron chi connectivity index (χ2n) is 4.91. The van der Waals surface area contributed by atoms with Crippen LogP contribution in [-0.2, 0) is 0 Å². The summed E-state index contributed by atoms with van der Waals surface area (Å²) in [6, 6.07) is 19.1. The molecule has 0 N–H and O–H groups in total. The Morgan fingerprint density at radius 1 is 0.950 bits per heavy atom. The van der Waals surface area contributed by atoms with Gasteiger partial charge in [-0.15, -0.1) is 0 Å². The number of rotatable bonds is 2. The lowest BCUT2D eigenvalue weighted by molar-refractivity contribution is 0.752. The van der Waals surface area contributed by atoms with Gasteiger partial charge in [-0.2, -0.15) is 0 Å². The summed E-state index contributed by atoms with van der Waals surface area (Å²) in [6.45, 7) is 0.292. The lowest BCUT2D eigenvalue weighted by Crippen LogP contribution is -2.44. The first-order chi connectivity index (χ1) is 9.75. The van der Waals surface area contributed by atoms with E-state index in [1.165, 1.54) is 16.7 Å². The highest BCUT2D eigenvalue weighted by Crippen LogP contribution is 2.24. The van der Waals surface area contributed by atoms with Crippen molar-refractivity contribution in [2.24, 2.45) is 0 Å². The van der Waals surface area contributed by atoms with E-state index in [4.69, 9.17) is 0 Å². The number of hydrogen-bond donors (Lipinski definition) is 0. The third-order valence-corrected chi connectivity index (χ3v) is 4.15. The largest absolute Gasteiger partial charge is 0.410 e. The van der Waals surface area contributed by atoms with Gasteiger partial charge in [0.05, 0.1) is 0 Å². The average Bonchev–Trinajstić information content (AvgIpc) is 2.49. The summed E-state index contributed by atoms with van der Waals surface area (Å²) in [6.07, 6.45) is 4.32. The highest BCUT2D eigenvalue weighted by Gasteiger charge is 2.24. The van der Waals surface area contributed by atoms with Crippen LogP contribution < -0.4 is 5.46 Å². The van der Waals surface area contributed by atoms with Crippen molar-refractivity contribution in [1.82, 2.24) is 4.81 Å². The summed E-state index contributed by atoms with van der Waals surface area (Å²) >= 11 is 3.49. The molecule has 0 atom stereocenters. The van der Waals surface area contributed by atoms with Crippen LogP contribution >= 0.6 is 15.9 Å². The molecule has 1 heterocycles. The SMILES string of the molecule is CN1B(c2ccccc2)C=CC=C1c1ccc(Br)cc1. The number of nitrogens with zero attached hydrogens (tertiary/aromatic N) is 1. The minimum atomic E-state index is 0.292. The van der Waals surface area contributed by atoms with Crippen molar-refractivity contribution in [2.75, 3.05) is 7.05 Å². The molecule has 3 heteroatoms. The maximum Gasteiger partial charge on any atom is 0.315 e. The first kappa shape index (κ1) is 13.3. The predicted molar refractivity (Wildman–Crippen MR) is 90.9 cm³/mol. The zero-order chi connectivity index (χ0) is 13.9. The molecule has 0 aliphatic carbocycles. The molecule has 2 aromatic carbocycles. The van der Waals surface area contributed by atoms with Crippen LogP contribution in [0.5, 0.6) is 0 Å². The fourth-order valence-corrected chi connectivity index (χ4v) is 2.82. The van der Waals surface area contributed by atoms with Gasteiger partial charge in [-0.1, -0.05) is 75.9 Å². The minimum Gasteiger partial charge on any atom is -0.410 e. The first-order valence-electron chi connectivity index (χ1n) is 6.68.